The normalized spacial score (nSPS) is 10.9. The van der Waals surface area contributed by atoms with Crippen LogP contribution < -0.4 is 15.5 Å². The third-order valence-corrected chi connectivity index (χ3v) is 3.75. The Morgan fingerprint density at radius 2 is 2.04 bits per heavy atom. The van der Waals surface area contributed by atoms with Crippen molar-refractivity contribution < 1.29 is 9.66 Å². The van der Waals surface area contributed by atoms with E-state index in [4.69, 9.17) is 28.6 Å². The van der Waals surface area contributed by atoms with Crippen LogP contribution in [0.3, 0.4) is 0 Å². The van der Waals surface area contributed by atoms with Crippen LogP contribution in [0.4, 0.5) is 11.4 Å². The third-order valence-electron chi connectivity index (χ3n) is 3.24. The van der Waals surface area contributed by atoms with Gasteiger partial charge in [-0.3, -0.25) is 15.5 Å². The van der Waals surface area contributed by atoms with Crippen molar-refractivity contribution in [1.82, 2.24) is 5.43 Å². The van der Waals surface area contributed by atoms with Gasteiger partial charge in [0.2, 0.25) is 0 Å². The average Bonchev–Trinajstić information content (AvgIpc) is 2.60. The van der Waals surface area contributed by atoms with Gasteiger partial charge < -0.3 is 10.1 Å². The zero-order chi connectivity index (χ0) is 18.4. The molecule has 9 heteroatoms. The molecule has 130 valence electrons. The fourth-order valence-electron chi connectivity index (χ4n) is 1.97. The molecular formula is C16H15ClN4O3S. The first-order valence-electron chi connectivity index (χ1n) is 7.11. The van der Waals surface area contributed by atoms with Crippen molar-refractivity contribution in [3.63, 3.8) is 0 Å². The molecule has 0 aliphatic rings. The molecule has 0 atom stereocenters. The van der Waals surface area contributed by atoms with Gasteiger partial charge >= 0.3 is 0 Å². The molecule has 0 amide bonds. The predicted molar refractivity (Wildman–Crippen MR) is 103 cm³/mol. The summed E-state index contributed by atoms with van der Waals surface area (Å²) in [6.07, 6.45) is 0. The van der Waals surface area contributed by atoms with Crippen molar-refractivity contribution in [1.29, 1.82) is 0 Å². The van der Waals surface area contributed by atoms with Crippen molar-refractivity contribution in [2.45, 2.75) is 6.92 Å². The lowest BCUT2D eigenvalue weighted by Crippen LogP contribution is -2.25. The van der Waals surface area contributed by atoms with Gasteiger partial charge in [-0.1, -0.05) is 29.8 Å². The van der Waals surface area contributed by atoms with Gasteiger partial charge in [0, 0.05) is 11.6 Å². The molecule has 2 aromatic rings. The Bertz CT molecular complexity index is 842. The van der Waals surface area contributed by atoms with Crippen LogP contribution in [0.25, 0.3) is 0 Å². The lowest BCUT2D eigenvalue weighted by molar-refractivity contribution is -0.384. The number of methoxy groups -OCH3 is 1. The summed E-state index contributed by atoms with van der Waals surface area (Å²) in [5.41, 5.74) is 4.29. The number of para-hydroxylation sites is 2. The standard InChI is InChI=1S/C16H15ClN4O3S/c1-10(11-7-8-12(17)14(9-11)21(22)23)19-20-16(25)18-13-5-3-4-6-15(13)24-2/h3-9H,1-2H3,(H2,18,20,25). The van der Waals surface area contributed by atoms with E-state index in [1.165, 1.54) is 12.1 Å². The number of anilines is 1. The summed E-state index contributed by atoms with van der Waals surface area (Å²) in [4.78, 5) is 10.4. The number of nitrogens with zero attached hydrogens (tertiary/aromatic N) is 2. The Morgan fingerprint density at radius 3 is 2.72 bits per heavy atom. The lowest BCUT2D eigenvalue weighted by Gasteiger charge is -2.11. The van der Waals surface area contributed by atoms with E-state index < -0.39 is 4.92 Å². The average molecular weight is 379 g/mol. The number of halogens is 1. The Hall–Kier alpha value is -2.71. The largest absolute Gasteiger partial charge is 0.495 e. The Labute approximate surface area is 154 Å². The van der Waals surface area contributed by atoms with Gasteiger partial charge in [-0.05, 0) is 37.3 Å². The first kappa shape index (κ1) is 18.6. The molecular weight excluding hydrogens is 364 g/mol. The number of hydrazone groups is 1. The molecule has 0 saturated carbocycles. The van der Waals surface area contributed by atoms with Gasteiger partial charge in [0.1, 0.15) is 10.8 Å². The molecule has 0 spiro atoms. The second-order valence-electron chi connectivity index (χ2n) is 4.89. The molecule has 2 rings (SSSR count). The Morgan fingerprint density at radius 1 is 1.32 bits per heavy atom. The molecule has 2 N–H and O–H groups in total. The van der Waals surface area contributed by atoms with E-state index in [0.29, 0.717) is 22.7 Å². The maximum Gasteiger partial charge on any atom is 0.288 e. The van der Waals surface area contributed by atoms with Gasteiger partial charge in [0.15, 0.2) is 5.11 Å². The maximum absolute atomic E-state index is 10.9. The smallest absolute Gasteiger partial charge is 0.288 e. The quantitative estimate of drug-likeness (QED) is 0.354. The molecule has 0 radical (unpaired) electrons. The molecule has 0 aliphatic heterocycles. The van der Waals surface area contributed by atoms with Crippen LogP contribution in [-0.2, 0) is 0 Å². The second kappa shape index (κ2) is 8.41. The van der Waals surface area contributed by atoms with Gasteiger partial charge in [0.25, 0.3) is 5.69 Å². The predicted octanol–water partition coefficient (Wildman–Crippen LogP) is 3.97. The monoisotopic (exact) mass is 378 g/mol. The summed E-state index contributed by atoms with van der Waals surface area (Å²) in [6, 6.07) is 11.8. The number of hydrogen-bond donors (Lipinski definition) is 2. The van der Waals surface area contributed by atoms with Crippen molar-refractivity contribution in [2.24, 2.45) is 5.10 Å². The molecule has 0 bridgehead atoms. The highest BCUT2D eigenvalue weighted by molar-refractivity contribution is 7.80. The molecule has 7 nitrogen and oxygen atoms in total. The van der Waals surface area contributed by atoms with Gasteiger partial charge in [0.05, 0.1) is 23.4 Å². The Balaban J connectivity index is 2.09. The van der Waals surface area contributed by atoms with Crippen molar-refractivity contribution in [3.8, 4) is 5.75 Å². The number of hydrogen-bond acceptors (Lipinski definition) is 5. The van der Waals surface area contributed by atoms with E-state index in [1.54, 1.807) is 26.2 Å². The van der Waals surface area contributed by atoms with E-state index in [9.17, 15) is 10.1 Å². The fraction of sp³-hybridized carbons (Fsp3) is 0.125. The van der Waals surface area contributed by atoms with Crippen LogP contribution in [0.15, 0.2) is 47.6 Å². The van der Waals surface area contributed by atoms with E-state index in [0.717, 1.165) is 0 Å². The zero-order valence-corrected chi connectivity index (χ0v) is 15.0. The summed E-state index contributed by atoms with van der Waals surface area (Å²) in [5, 5.41) is 18.4. The van der Waals surface area contributed by atoms with E-state index >= 15 is 0 Å². The molecule has 0 unspecified atom stereocenters. The minimum atomic E-state index is -0.541. The molecule has 0 heterocycles. The summed E-state index contributed by atoms with van der Waals surface area (Å²) in [5.74, 6) is 0.640. The topological polar surface area (TPSA) is 88.8 Å². The van der Waals surface area contributed by atoms with Gasteiger partial charge in [-0.15, -0.1) is 0 Å². The zero-order valence-electron chi connectivity index (χ0n) is 13.4. The molecule has 0 fully saturated rings. The number of ether oxygens (including phenoxy) is 1. The van der Waals surface area contributed by atoms with Crippen LogP contribution in [0.2, 0.25) is 5.02 Å². The SMILES string of the molecule is COc1ccccc1NC(=S)NN=C(C)c1ccc(Cl)c([N+](=O)[O-])c1. The summed E-state index contributed by atoms with van der Waals surface area (Å²) in [6.45, 7) is 1.70. The van der Waals surface area contributed by atoms with Crippen LogP contribution in [-0.4, -0.2) is 22.9 Å². The van der Waals surface area contributed by atoms with Crippen molar-refractivity contribution in [3.05, 3.63) is 63.2 Å². The first-order valence-corrected chi connectivity index (χ1v) is 7.89. The number of benzene rings is 2. The van der Waals surface area contributed by atoms with Crippen LogP contribution in [0.5, 0.6) is 5.75 Å². The number of nitrogens with one attached hydrogen (secondary N) is 2. The Kier molecular flexibility index (Phi) is 6.26. The van der Waals surface area contributed by atoms with Crippen LogP contribution in [0.1, 0.15) is 12.5 Å². The second-order valence-corrected chi connectivity index (χ2v) is 5.70. The highest BCUT2D eigenvalue weighted by atomic mass is 35.5. The highest BCUT2D eigenvalue weighted by Gasteiger charge is 2.13. The number of nitro groups is 1. The summed E-state index contributed by atoms with van der Waals surface area (Å²) in [7, 11) is 1.56. The van der Waals surface area contributed by atoms with Crippen molar-refractivity contribution >= 4 is 46.0 Å². The maximum atomic E-state index is 10.9. The molecule has 0 aromatic heterocycles. The van der Waals surface area contributed by atoms with E-state index in [1.807, 2.05) is 18.2 Å². The van der Waals surface area contributed by atoms with E-state index in [-0.39, 0.29) is 15.8 Å². The number of nitro benzene ring substituents is 1. The van der Waals surface area contributed by atoms with Crippen LogP contribution in [0, 0.1) is 10.1 Å². The molecule has 2 aromatic carbocycles. The molecule has 0 saturated heterocycles. The number of rotatable bonds is 5. The lowest BCUT2D eigenvalue weighted by atomic mass is 10.1. The van der Waals surface area contributed by atoms with Gasteiger partial charge in [-0.2, -0.15) is 5.10 Å². The minimum Gasteiger partial charge on any atom is -0.495 e. The minimum absolute atomic E-state index is 0.0721. The molecule has 0 aliphatic carbocycles. The first-order chi connectivity index (χ1) is 11.9. The number of thiocarbonyl (C=S) groups is 1. The fourth-order valence-corrected chi connectivity index (χ4v) is 2.32. The third kappa shape index (κ3) is 4.88. The summed E-state index contributed by atoms with van der Waals surface area (Å²) < 4.78 is 5.23. The highest BCUT2D eigenvalue weighted by Crippen LogP contribution is 2.25. The molecule has 25 heavy (non-hydrogen) atoms. The van der Waals surface area contributed by atoms with Gasteiger partial charge in [-0.25, -0.2) is 0 Å². The van der Waals surface area contributed by atoms with Crippen molar-refractivity contribution in [2.75, 3.05) is 12.4 Å². The summed E-state index contributed by atoms with van der Waals surface area (Å²) >= 11 is 11.0. The van der Waals surface area contributed by atoms with Crippen LogP contribution >= 0.6 is 23.8 Å². The van der Waals surface area contributed by atoms with E-state index in [2.05, 4.69) is 15.8 Å².